The predicted molar refractivity (Wildman–Crippen MR) is 77.7 cm³/mol. The van der Waals surface area contributed by atoms with Gasteiger partial charge >= 0.3 is 0 Å². The molecule has 1 aliphatic heterocycles. The topological polar surface area (TPSA) is 59.1 Å². The van der Waals surface area contributed by atoms with Crippen LogP contribution in [0.2, 0.25) is 0 Å². The van der Waals surface area contributed by atoms with Crippen molar-refractivity contribution in [2.45, 2.75) is 52.2 Å². The second-order valence-corrected chi connectivity index (χ2v) is 5.29. The zero-order chi connectivity index (χ0) is 13.8. The molecule has 1 aromatic heterocycles. The highest BCUT2D eigenvalue weighted by molar-refractivity contribution is 5.59. The Morgan fingerprint density at radius 2 is 2.11 bits per heavy atom. The molecule has 5 heteroatoms. The minimum absolute atomic E-state index is 0.234. The van der Waals surface area contributed by atoms with Crippen LogP contribution in [0.4, 0.5) is 11.6 Å². The highest BCUT2D eigenvalue weighted by Gasteiger charge is 2.26. The maximum absolute atomic E-state index is 5.59. The first-order valence-corrected chi connectivity index (χ1v) is 7.10. The van der Waals surface area contributed by atoms with E-state index in [2.05, 4.69) is 48.3 Å². The van der Waals surface area contributed by atoms with Crippen LogP contribution in [0.25, 0.3) is 0 Å². The van der Waals surface area contributed by atoms with Crippen LogP contribution in [0.1, 0.15) is 45.6 Å². The van der Waals surface area contributed by atoms with Crippen LogP contribution < -0.4 is 10.6 Å². The lowest BCUT2D eigenvalue weighted by Crippen LogP contribution is -2.28. The number of hydrogen-bond acceptors (Lipinski definition) is 5. The third-order valence-corrected chi connectivity index (χ3v) is 3.50. The van der Waals surface area contributed by atoms with Gasteiger partial charge in [-0.1, -0.05) is 13.8 Å². The molecule has 2 rings (SSSR count). The fraction of sp³-hybridized carbons (Fsp3) is 0.714. The molecule has 5 nitrogen and oxygen atoms in total. The molecule has 2 N–H and O–H groups in total. The smallest absolute Gasteiger partial charge is 0.135 e. The van der Waals surface area contributed by atoms with Gasteiger partial charge in [0.1, 0.15) is 18.0 Å². The third-order valence-electron chi connectivity index (χ3n) is 3.50. The lowest BCUT2D eigenvalue weighted by atomic mass is 10.0. The van der Waals surface area contributed by atoms with Gasteiger partial charge < -0.3 is 15.4 Å². The fourth-order valence-corrected chi connectivity index (χ4v) is 2.46. The first-order chi connectivity index (χ1) is 9.13. The van der Waals surface area contributed by atoms with Crippen molar-refractivity contribution >= 4 is 11.6 Å². The van der Waals surface area contributed by atoms with Crippen molar-refractivity contribution in [1.82, 2.24) is 9.97 Å². The van der Waals surface area contributed by atoms with Crippen LogP contribution in [-0.2, 0) is 4.74 Å². The van der Waals surface area contributed by atoms with Crippen LogP contribution in [-0.4, -0.2) is 35.3 Å². The molecule has 19 heavy (non-hydrogen) atoms. The molecule has 1 aliphatic rings. The molecule has 0 spiro atoms. The van der Waals surface area contributed by atoms with Gasteiger partial charge in [-0.05, 0) is 26.2 Å². The summed E-state index contributed by atoms with van der Waals surface area (Å²) in [5, 5.41) is 6.83. The first-order valence-electron chi connectivity index (χ1n) is 7.10. The maximum Gasteiger partial charge on any atom is 0.135 e. The predicted octanol–water partition coefficient (Wildman–Crippen LogP) is 2.62. The van der Waals surface area contributed by atoms with Gasteiger partial charge in [0, 0.05) is 18.7 Å². The van der Waals surface area contributed by atoms with Crippen molar-refractivity contribution in [3.63, 3.8) is 0 Å². The van der Waals surface area contributed by atoms with E-state index in [1.54, 1.807) is 6.33 Å². The summed E-state index contributed by atoms with van der Waals surface area (Å²) in [5.74, 6) is 2.24. The van der Waals surface area contributed by atoms with Crippen molar-refractivity contribution < 1.29 is 4.74 Å². The second kappa shape index (κ2) is 6.19. The van der Waals surface area contributed by atoms with Crippen LogP contribution in [0, 0.1) is 0 Å². The molecule has 1 saturated heterocycles. The van der Waals surface area contributed by atoms with E-state index in [1.807, 2.05) is 0 Å². The number of nitrogens with zero attached hydrogens (tertiary/aromatic N) is 2. The quantitative estimate of drug-likeness (QED) is 0.856. The van der Waals surface area contributed by atoms with E-state index >= 15 is 0 Å². The normalized spacial score (nSPS) is 22.8. The Morgan fingerprint density at radius 3 is 2.68 bits per heavy atom. The SMILES string of the molecule is CCNc1ncnc(NC2CCOC2C)c1C(C)C. The summed E-state index contributed by atoms with van der Waals surface area (Å²) in [4.78, 5) is 8.77. The van der Waals surface area contributed by atoms with Gasteiger partial charge in [0.05, 0.1) is 12.1 Å². The van der Waals surface area contributed by atoms with Crippen LogP contribution in [0.5, 0.6) is 0 Å². The van der Waals surface area contributed by atoms with Gasteiger partial charge in [0.25, 0.3) is 0 Å². The summed E-state index contributed by atoms with van der Waals surface area (Å²) >= 11 is 0. The Balaban J connectivity index is 2.25. The molecule has 0 bridgehead atoms. The Kier molecular flexibility index (Phi) is 4.58. The zero-order valence-electron chi connectivity index (χ0n) is 12.2. The van der Waals surface area contributed by atoms with Gasteiger partial charge in [0.15, 0.2) is 0 Å². The summed E-state index contributed by atoms with van der Waals surface area (Å²) < 4.78 is 5.59. The van der Waals surface area contributed by atoms with E-state index in [4.69, 9.17) is 4.74 Å². The highest BCUT2D eigenvalue weighted by Crippen LogP contribution is 2.30. The minimum atomic E-state index is 0.234. The molecule has 2 atom stereocenters. The van der Waals surface area contributed by atoms with Crippen molar-refractivity contribution in [1.29, 1.82) is 0 Å². The molecular weight excluding hydrogens is 240 g/mol. The van der Waals surface area contributed by atoms with Gasteiger partial charge in [-0.15, -0.1) is 0 Å². The van der Waals surface area contributed by atoms with E-state index in [1.165, 1.54) is 0 Å². The summed E-state index contributed by atoms with van der Waals surface area (Å²) in [6.45, 7) is 10.2. The monoisotopic (exact) mass is 264 g/mol. The molecule has 2 heterocycles. The molecule has 2 unspecified atom stereocenters. The fourth-order valence-electron chi connectivity index (χ4n) is 2.46. The second-order valence-electron chi connectivity index (χ2n) is 5.29. The minimum Gasteiger partial charge on any atom is -0.376 e. The summed E-state index contributed by atoms with van der Waals surface area (Å²) in [7, 11) is 0. The number of nitrogens with one attached hydrogen (secondary N) is 2. The summed E-state index contributed by atoms with van der Waals surface area (Å²) in [5.41, 5.74) is 1.16. The van der Waals surface area contributed by atoms with Crippen molar-refractivity contribution in [2.75, 3.05) is 23.8 Å². The van der Waals surface area contributed by atoms with Crippen molar-refractivity contribution in [3.8, 4) is 0 Å². The van der Waals surface area contributed by atoms with Crippen molar-refractivity contribution in [3.05, 3.63) is 11.9 Å². The first kappa shape index (κ1) is 14.1. The van der Waals surface area contributed by atoms with Gasteiger partial charge in [-0.25, -0.2) is 9.97 Å². The average Bonchev–Trinajstić information content (AvgIpc) is 2.75. The Morgan fingerprint density at radius 1 is 1.37 bits per heavy atom. The van der Waals surface area contributed by atoms with Gasteiger partial charge in [-0.2, -0.15) is 0 Å². The van der Waals surface area contributed by atoms with E-state index in [0.29, 0.717) is 12.0 Å². The number of rotatable bonds is 5. The van der Waals surface area contributed by atoms with Crippen LogP contribution in [0.3, 0.4) is 0 Å². The molecule has 1 fully saturated rings. The molecule has 0 aliphatic carbocycles. The Bertz CT molecular complexity index is 422. The Labute approximate surface area is 115 Å². The lowest BCUT2D eigenvalue weighted by molar-refractivity contribution is 0.121. The lowest BCUT2D eigenvalue weighted by Gasteiger charge is -2.21. The standard InChI is InChI=1S/C14H24N4O/c1-5-15-13-12(9(2)3)14(17-8-16-13)18-11-6-7-19-10(11)4/h8-11H,5-7H2,1-4H3,(H2,15,16,17,18). The van der Waals surface area contributed by atoms with Gasteiger partial charge in [-0.3, -0.25) is 0 Å². The largest absolute Gasteiger partial charge is 0.376 e. The number of anilines is 2. The van der Waals surface area contributed by atoms with E-state index in [9.17, 15) is 0 Å². The summed E-state index contributed by atoms with van der Waals surface area (Å²) in [6.07, 6.45) is 2.88. The Hall–Kier alpha value is -1.36. The molecular formula is C14H24N4O. The van der Waals surface area contributed by atoms with Gasteiger partial charge in [0.2, 0.25) is 0 Å². The zero-order valence-corrected chi connectivity index (χ0v) is 12.2. The molecule has 0 radical (unpaired) electrons. The highest BCUT2D eigenvalue weighted by atomic mass is 16.5. The number of ether oxygens (including phenoxy) is 1. The van der Waals surface area contributed by atoms with E-state index in [-0.39, 0.29) is 6.10 Å². The maximum atomic E-state index is 5.59. The molecule has 106 valence electrons. The average molecular weight is 264 g/mol. The number of hydrogen-bond donors (Lipinski definition) is 2. The molecule has 0 aromatic carbocycles. The van der Waals surface area contributed by atoms with E-state index < -0.39 is 0 Å². The van der Waals surface area contributed by atoms with E-state index in [0.717, 1.165) is 36.8 Å². The molecule has 0 amide bonds. The number of aromatic nitrogens is 2. The summed E-state index contributed by atoms with van der Waals surface area (Å²) in [6, 6.07) is 0.335. The van der Waals surface area contributed by atoms with Crippen molar-refractivity contribution in [2.24, 2.45) is 0 Å². The van der Waals surface area contributed by atoms with Crippen LogP contribution >= 0.6 is 0 Å². The molecule has 1 aromatic rings. The third kappa shape index (κ3) is 3.15. The molecule has 0 saturated carbocycles. The van der Waals surface area contributed by atoms with Crippen LogP contribution in [0.15, 0.2) is 6.33 Å².